The molecule has 6 heteroatoms. The molecular weight excluding hydrogens is 350 g/mol. The molecule has 0 spiro atoms. The average Bonchev–Trinajstić information content (AvgIpc) is 3.26. The van der Waals surface area contributed by atoms with Crippen LogP contribution in [0.3, 0.4) is 0 Å². The van der Waals surface area contributed by atoms with Gasteiger partial charge in [-0.3, -0.25) is 0 Å². The molecule has 25 heavy (non-hydrogen) atoms. The molecule has 132 valence electrons. The molecule has 0 aliphatic rings. The van der Waals surface area contributed by atoms with E-state index in [-0.39, 0.29) is 0 Å². The molecule has 0 amide bonds. The van der Waals surface area contributed by atoms with Crippen LogP contribution < -0.4 is 4.74 Å². The van der Waals surface area contributed by atoms with Gasteiger partial charge in [0.25, 0.3) is 0 Å². The zero-order valence-corrected chi connectivity index (χ0v) is 16.5. The van der Waals surface area contributed by atoms with Crippen molar-refractivity contribution in [2.45, 2.75) is 44.1 Å². The molecule has 2 aromatic heterocycles. The summed E-state index contributed by atoms with van der Waals surface area (Å²) < 4.78 is 7.49. The maximum absolute atomic E-state index is 5.29. The van der Waals surface area contributed by atoms with E-state index < -0.39 is 0 Å². The molecule has 0 aliphatic carbocycles. The molecule has 0 saturated heterocycles. The normalized spacial score (nSPS) is 11.0. The van der Waals surface area contributed by atoms with E-state index in [2.05, 4.69) is 52.2 Å². The second-order valence-electron chi connectivity index (χ2n) is 5.74. The Labute approximate surface area is 157 Å². The Morgan fingerprint density at radius 3 is 2.84 bits per heavy atom. The summed E-state index contributed by atoms with van der Waals surface area (Å²) in [6.45, 7) is 5.21. The van der Waals surface area contributed by atoms with Gasteiger partial charge in [-0.25, -0.2) is 0 Å². The van der Waals surface area contributed by atoms with Gasteiger partial charge >= 0.3 is 0 Å². The lowest BCUT2D eigenvalue weighted by Crippen LogP contribution is -1.99. The number of methoxy groups -OCH3 is 1. The molecule has 0 saturated carbocycles. The molecule has 4 nitrogen and oxygen atoms in total. The van der Waals surface area contributed by atoms with Gasteiger partial charge in [0.05, 0.1) is 7.11 Å². The largest absolute Gasteiger partial charge is 0.497 e. The zero-order chi connectivity index (χ0) is 17.6. The number of thiophene rings is 1. The molecule has 0 atom stereocenters. The Hall–Kier alpha value is -1.79. The minimum atomic E-state index is 0.847. The van der Waals surface area contributed by atoms with Gasteiger partial charge in [0.1, 0.15) is 5.75 Å². The average molecular weight is 374 g/mol. The molecule has 0 aliphatic heterocycles. The fraction of sp³-hybridized carbons (Fsp3) is 0.368. The molecule has 0 N–H and O–H groups in total. The van der Waals surface area contributed by atoms with E-state index in [4.69, 9.17) is 4.74 Å². The molecular formula is C19H23N3OS2. The number of ether oxygens (including phenoxy) is 1. The van der Waals surface area contributed by atoms with Crippen LogP contribution in [0.25, 0.3) is 11.4 Å². The number of rotatable bonds is 8. The van der Waals surface area contributed by atoms with Gasteiger partial charge in [0.2, 0.25) is 0 Å². The highest BCUT2D eigenvalue weighted by molar-refractivity contribution is 7.98. The van der Waals surface area contributed by atoms with Gasteiger partial charge < -0.3 is 9.30 Å². The molecule has 2 heterocycles. The Kier molecular flexibility index (Phi) is 6.15. The van der Waals surface area contributed by atoms with Crippen molar-refractivity contribution in [1.82, 2.24) is 14.8 Å². The maximum atomic E-state index is 5.29. The van der Waals surface area contributed by atoms with Crippen molar-refractivity contribution in [2.24, 2.45) is 0 Å². The Morgan fingerprint density at radius 1 is 1.20 bits per heavy atom. The SMILES string of the molecule is CCCc1cc(-c2nnc(SCc3cccc(OC)c3)n2CC)cs1. The van der Waals surface area contributed by atoms with E-state index >= 15 is 0 Å². The van der Waals surface area contributed by atoms with E-state index in [9.17, 15) is 0 Å². The Bertz CT molecular complexity index is 826. The van der Waals surface area contributed by atoms with Crippen LogP contribution in [0.5, 0.6) is 5.75 Å². The smallest absolute Gasteiger partial charge is 0.191 e. The van der Waals surface area contributed by atoms with Crippen molar-refractivity contribution in [3.8, 4) is 17.1 Å². The maximum Gasteiger partial charge on any atom is 0.191 e. The van der Waals surface area contributed by atoms with Crippen molar-refractivity contribution in [3.05, 3.63) is 46.2 Å². The van der Waals surface area contributed by atoms with Crippen molar-refractivity contribution < 1.29 is 4.74 Å². The zero-order valence-electron chi connectivity index (χ0n) is 14.9. The van der Waals surface area contributed by atoms with Crippen molar-refractivity contribution in [1.29, 1.82) is 0 Å². The van der Waals surface area contributed by atoms with E-state index in [0.29, 0.717) is 0 Å². The second-order valence-corrected chi connectivity index (χ2v) is 7.68. The van der Waals surface area contributed by atoms with Gasteiger partial charge in [-0.05, 0) is 37.1 Å². The minimum absolute atomic E-state index is 0.847. The fourth-order valence-electron chi connectivity index (χ4n) is 2.68. The molecule has 0 fully saturated rings. The van der Waals surface area contributed by atoms with Crippen LogP contribution in [-0.4, -0.2) is 21.9 Å². The third-order valence-electron chi connectivity index (χ3n) is 3.94. The molecule has 1 aromatic carbocycles. The fourth-order valence-corrected chi connectivity index (χ4v) is 4.59. The van der Waals surface area contributed by atoms with Crippen molar-refractivity contribution in [2.75, 3.05) is 7.11 Å². The first kappa shape index (κ1) is 18.0. The Balaban J connectivity index is 1.77. The molecule has 3 aromatic rings. The summed E-state index contributed by atoms with van der Waals surface area (Å²) in [5.74, 6) is 2.70. The number of thioether (sulfide) groups is 1. The third kappa shape index (κ3) is 4.25. The molecule has 0 bridgehead atoms. The van der Waals surface area contributed by atoms with Crippen molar-refractivity contribution in [3.63, 3.8) is 0 Å². The van der Waals surface area contributed by atoms with Crippen LogP contribution in [0.15, 0.2) is 40.9 Å². The van der Waals surface area contributed by atoms with E-state index in [1.54, 1.807) is 18.9 Å². The van der Waals surface area contributed by atoms with E-state index in [0.717, 1.165) is 35.4 Å². The summed E-state index contributed by atoms with van der Waals surface area (Å²) in [6, 6.07) is 10.4. The first-order valence-corrected chi connectivity index (χ1v) is 10.4. The Morgan fingerprint density at radius 2 is 2.08 bits per heavy atom. The minimum Gasteiger partial charge on any atom is -0.497 e. The first-order valence-electron chi connectivity index (χ1n) is 8.51. The van der Waals surface area contributed by atoms with Crippen LogP contribution in [0.2, 0.25) is 0 Å². The standard InChI is InChI=1S/C19H23N3OS2/c1-4-7-17-11-15(13-24-17)18-20-21-19(22(18)5-2)25-12-14-8-6-9-16(10-14)23-3/h6,8-11,13H,4-5,7,12H2,1-3H3. The number of nitrogens with zero attached hydrogens (tertiary/aromatic N) is 3. The highest BCUT2D eigenvalue weighted by atomic mass is 32.2. The van der Waals surface area contributed by atoms with Gasteiger partial charge in [0, 0.05) is 28.1 Å². The summed E-state index contributed by atoms with van der Waals surface area (Å²) in [7, 11) is 1.69. The van der Waals surface area contributed by atoms with E-state index in [1.165, 1.54) is 22.4 Å². The monoisotopic (exact) mass is 373 g/mol. The summed E-state index contributed by atoms with van der Waals surface area (Å²) in [4.78, 5) is 1.41. The summed E-state index contributed by atoms with van der Waals surface area (Å²) in [5.41, 5.74) is 2.40. The number of hydrogen-bond donors (Lipinski definition) is 0. The number of aromatic nitrogens is 3. The van der Waals surface area contributed by atoms with Crippen LogP contribution >= 0.6 is 23.1 Å². The lowest BCUT2D eigenvalue weighted by atomic mass is 10.2. The van der Waals surface area contributed by atoms with Gasteiger partial charge in [-0.2, -0.15) is 0 Å². The third-order valence-corrected chi connectivity index (χ3v) is 5.98. The highest BCUT2D eigenvalue weighted by Gasteiger charge is 2.14. The van der Waals surface area contributed by atoms with Crippen LogP contribution in [0.1, 0.15) is 30.7 Å². The lowest BCUT2D eigenvalue weighted by molar-refractivity contribution is 0.414. The molecule has 0 radical (unpaired) electrons. The number of hydrogen-bond acceptors (Lipinski definition) is 5. The summed E-state index contributed by atoms with van der Waals surface area (Å²) >= 11 is 3.52. The van der Waals surface area contributed by atoms with Crippen LogP contribution in [0, 0.1) is 0 Å². The van der Waals surface area contributed by atoms with Gasteiger partial charge in [-0.1, -0.05) is 37.2 Å². The van der Waals surface area contributed by atoms with Gasteiger partial charge in [-0.15, -0.1) is 21.5 Å². The van der Waals surface area contributed by atoms with Crippen LogP contribution in [0.4, 0.5) is 0 Å². The molecule has 3 rings (SSSR count). The first-order chi connectivity index (χ1) is 12.2. The quantitative estimate of drug-likeness (QED) is 0.504. The highest BCUT2D eigenvalue weighted by Crippen LogP contribution is 2.30. The van der Waals surface area contributed by atoms with Gasteiger partial charge in [0.15, 0.2) is 11.0 Å². The second kappa shape index (κ2) is 8.54. The summed E-state index contributed by atoms with van der Waals surface area (Å²) in [5, 5.41) is 12.0. The molecule has 0 unspecified atom stereocenters. The van der Waals surface area contributed by atoms with Crippen molar-refractivity contribution >= 4 is 23.1 Å². The lowest BCUT2D eigenvalue weighted by Gasteiger charge is -2.07. The number of aryl methyl sites for hydroxylation is 1. The van der Waals surface area contributed by atoms with Crippen LogP contribution in [-0.2, 0) is 18.7 Å². The predicted octanol–water partition coefficient (Wildman–Crippen LogP) is 5.28. The topological polar surface area (TPSA) is 39.9 Å². The number of benzene rings is 1. The van der Waals surface area contributed by atoms with E-state index in [1.807, 2.05) is 23.5 Å². The predicted molar refractivity (Wildman–Crippen MR) is 106 cm³/mol. The summed E-state index contributed by atoms with van der Waals surface area (Å²) in [6.07, 6.45) is 2.30.